The molecule has 0 spiro atoms. The van der Waals surface area contributed by atoms with Gasteiger partial charge in [0.2, 0.25) is 5.95 Å². The lowest BCUT2D eigenvalue weighted by Gasteiger charge is -2.28. The van der Waals surface area contributed by atoms with Crippen LogP contribution in [0.1, 0.15) is 16.3 Å². The van der Waals surface area contributed by atoms with Gasteiger partial charge in [0.1, 0.15) is 11.5 Å². The minimum absolute atomic E-state index is 0.0692. The van der Waals surface area contributed by atoms with E-state index in [4.69, 9.17) is 0 Å². The minimum atomic E-state index is -0.462. The molecule has 3 rings (SSSR count). The summed E-state index contributed by atoms with van der Waals surface area (Å²) in [6.07, 6.45) is 3.88. The van der Waals surface area contributed by atoms with Crippen molar-refractivity contribution in [2.24, 2.45) is 0 Å². The van der Waals surface area contributed by atoms with Crippen molar-refractivity contribution >= 4 is 11.9 Å². The Morgan fingerprint density at radius 3 is 2.57 bits per heavy atom. The lowest BCUT2D eigenvalue weighted by molar-refractivity contribution is 0.0816. The number of aromatic nitrogens is 4. The Morgan fingerprint density at radius 1 is 1.19 bits per heavy atom. The predicted octanol–water partition coefficient (Wildman–Crippen LogP) is 0.534. The van der Waals surface area contributed by atoms with Crippen molar-refractivity contribution in [3.05, 3.63) is 35.9 Å². The fraction of sp³-hybridized carbons (Fsp3) is 0.385. The van der Waals surface area contributed by atoms with Crippen LogP contribution in [0, 0.1) is 5.82 Å². The van der Waals surface area contributed by atoms with E-state index in [0.29, 0.717) is 31.3 Å². The van der Waals surface area contributed by atoms with E-state index in [1.54, 1.807) is 20.3 Å². The van der Waals surface area contributed by atoms with Gasteiger partial charge >= 0.3 is 0 Å². The molecule has 3 heterocycles. The summed E-state index contributed by atoms with van der Waals surface area (Å²) < 4.78 is 14.8. The summed E-state index contributed by atoms with van der Waals surface area (Å²) in [4.78, 5) is 27.7. The molecule has 0 unspecified atom stereocenters. The molecule has 2 aromatic heterocycles. The van der Waals surface area contributed by atoms with Crippen LogP contribution in [0.4, 0.5) is 10.3 Å². The van der Waals surface area contributed by atoms with Crippen LogP contribution in [0.5, 0.6) is 0 Å². The highest BCUT2D eigenvalue weighted by atomic mass is 19.1. The number of hydrogen-bond acceptors (Lipinski definition) is 5. The smallest absolute Gasteiger partial charge is 0.271 e. The van der Waals surface area contributed by atoms with Crippen LogP contribution in [0.3, 0.4) is 0 Å². The van der Waals surface area contributed by atoms with Crippen LogP contribution >= 0.6 is 0 Å². The molecule has 0 saturated carbocycles. The molecule has 0 fully saturated rings. The van der Waals surface area contributed by atoms with Crippen LogP contribution in [-0.2, 0) is 13.1 Å². The van der Waals surface area contributed by atoms with E-state index in [0.717, 1.165) is 18.2 Å². The maximum atomic E-state index is 12.9. The van der Waals surface area contributed by atoms with E-state index in [-0.39, 0.29) is 5.91 Å². The Morgan fingerprint density at radius 2 is 1.90 bits per heavy atom. The highest BCUT2D eigenvalue weighted by Gasteiger charge is 2.24. The van der Waals surface area contributed by atoms with Gasteiger partial charge in [0.25, 0.3) is 5.91 Å². The minimum Gasteiger partial charge on any atom is -0.343 e. The normalized spacial score (nSPS) is 14.0. The molecule has 0 bridgehead atoms. The summed E-state index contributed by atoms with van der Waals surface area (Å²) in [5, 5.41) is 0. The van der Waals surface area contributed by atoms with Crippen molar-refractivity contribution < 1.29 is 9.18 Å². The molecule has 0 saturated heterocycles. The first-order valence-electron chi connectivity index (χ1n) is 6.55. The van der Waals surface area contributed by atoms with Crippen LogP contribution < -0.4 is 4.90 Å². The Labute approximate surface area is 121 Å². The summed E-state index contributed by atoms with van der Waals surface area (Å²) >= 11 is 0. The van der Waals surface area contributed by atoms with E-state index in [9.17, 15) is 9.18 Å². The first kappa shape index (κ1) is 13.5. The Kier molecular flexibility index (Phi) is 3.28. The maximum Gasteiger partial charge on any atom is 0.271 e. The summed E-state index contributed by atoms with van der Waals surface area (Å²) in [6, 6.07) is 0. The number of amides is 1. The van der Waals surface area contributed by atoms with E-state index in [1.165, 1.54) is 4.90 Å². The molecule has 8 heteroatoms. The highest BCUT2D eigenvalue weighted by molar-refractivity contribution is 5.92. The molecular weight excluding hydrogens is 275 g/mol. The first-order valence-corrected chi connectivity index (χ1v) is 6.55. The van der Waals surface area contributed by atoms with Gasteiger partial charge in [-0.25, -0.2) is 19.3 Å². The fourth-order valence-corrected chi connectivity index (χ4v) is 2.30. The quantitative estimate of drug-likeness (QED) is 0.807. The van der Waals surface area contributed by atoms with Gasteiger partial charge in [0.05, 0.1) is 25.1 Å². The largest absolute Gasteiger partial charge is 0.343 e. The topological polar surface area (TPSA) is 67.2 Å². The standard InChI is InChI=1S/C13H15FN6O/c1-18(2)12(21)10-7-15-11-8-19(3-4-20(10)11)13-16-5-9(14)6-17-13/h5-7H,3-4,8H2,1-2H3. The zero-order valence-electron chi connectivity index (χ0n) is 11.8. The van der Waals surface area contributed by atoms with Crippen LogP contribution in [0.15, 0.2) is 18.6 Å². The third-order valence-corrected chi connectivity index (χ3v) is 3.38. The highest BCUT2D eigenvalue weighted by Crippen LogP contribution is 2.18. The third kappa shape index (κ3) is 2.44. The Balaban J connectivity index is 1.84. The maximum absolute atomic E-state index is 12.9. The monoisotopic (exact) mass is 290 g/mol. The second-order valence-electron chi connectivity index (χ2n) is 5.03. The summed E-state index contributed by atoms with van der Waals surface area (Å²) in [7, 11) is 3.42. The molecular formula is C13H15FN6O. The van der Waals surface area contributed by atoms with Crippen molar-refractivity contribution in [1.29, 1.82) is 0 Å². The van der Waals surface area contributed by atoms with Gasteiger partial charge in [-0.15, -0.1) is 0 Å². The number of fused-ring (bicyclic) bond motifs is 1. The van der Waals surface area contributed by atoms with Crippen molar-refractivity contribution in [3.63, 3.8) is 0 Å². The van der Waals surface area contributed by atoms with Crippen LogP contribution in [0.2, 0.25) is 0 Å². The number of hydrogen-bond donors (Lipinski definition) is 0. The number of halogens is 1. The van der Waals surface area contributed by atoms with Gasteiger partial charge in [-0.1, -0.05) is 0 Å². The average Bonchev–Trinajstić information content (AvgIpc) is 2.90. The van der Waals surface area contributed by atoms with E-state index >= 15 is 0 Å². The van der Waals surface area contributed by atoms with Gasteiger partial charge in [-0.3, -0.25) is 4.79 Å². The number of anilines is 1. The molecule has 0 aromatic carbocycles. The molecule has 0 N–H and O–H groups in total. The molecule has 1 aliphatic heterocycles. The van der Waals surface area contributed by atoms with Crippen molar-refractivity contribution in [1.82, 2.24) is 24.4 Å². The molecule has 0 aliphatic carbocycles. The van der Waals surface area contributed by atoms with Gasteiger partial charge in [-0.05, 0) is 0 Å². The van der Waals surface area contributed by atoms with Crippen molar-refractivity contribution in [3.8, 4) is 0 Å². The Bertz CT molecular complexity index is 666. The zero-order chi connectivity index (χ0) is 15.0. The SMILES string of the molecule is CN(C)C(=O)c1cnc2n1CCN(c1ncc(F)cn1)C2. The second kappa shape index (κ2) is 5.12. The molecule has 1 aliphatic rings. The number of carbonyl (C=O) groups excluding carboxylic acids is 1. The molecule has 0 radical (unpaired) electrons. The van der Waals surface area contributed by atoms with Gasteiger partial charge < -0.3 is 14.4 Å². The predicted molar refractivity (Wildman–Crippen MR) is 73.3 cm³/mol. The average molecular weight is 290 g/mol. The van der Waals surface area contributed by atoms with Gasteiger partial charge in [0.15, 0.2) is 5.82 Å². The van der Waals surface area contributed by atoms with Gasteiger partial charge in [0, 0.05) is 27.2 Å². The van der Waals surface area contributed by atoms with Crippen molar-refractivity contribution in [2.75, 3.05) is 25.5 Å². The molecule has 7 nitrogen and oxygen atoms in total. The molecule has 1 amide bonds. The molecule has 0 atom stereocenters. The molecule has 110 valence electrons. The van der Waals surface area contributed by atoms with E-state index in [1.807, 2.05) is 9.47 Å². The summed E-state index contributed by atoms with van der Waals surface area (Å²) in [5.41, 5.74) is 0.578. The number of carbonyl (C=O) groups is 1. The van der Waals surface area contributed by atoms with Crippen LogP contribution in [-0.4, -0.2) is 51.0 Å². The second-order valence-corrected chi connectivity index (χ2v) is 5.03. The van der Waals surface area contributed by atoms with Gasteiger partial charge in [-0.2, -0.15) is 0 Å². The zero-order valence-corrected chi connectivity index (χ0v) is 11.8. The number of nitrogens with zero attached hydrogens (tertiary/aromatic N) is 6. The molecule has 2 aromatic rings. The fourth-order valence-electron chi connectivity index (χ4n) is 2.30. The summed E-state index contributed by atoms with van der Waals surface area (Å²) in [5.74, 6) is 0.710. The van der Waals surface area contributed by atoms with E-state index < -0.39 is 5.82 Å². The van der Waals surface area contributed by atoms with Crippen molar-refractivity contribution in [2.45, 2.75) is 13.1 Å². The Hall–Kier alpha value is -2.51. The number of imidazole rings is 1. The first-order chi connectivity index (χ1) is 10.1. The lowest BCUT2D eigenvalue weighted by Crippen LogP contribution is -2.36. The van der Waals surface area contributed by atoms with Crippen LogP contribution in [0.25, 0.3) is 0 Å². The lowest BCUT2D eigenvalue weighted by atomic mass is 10.3. The number of rotatable bonds is 2. The molecule has 21 heavy (non-hydrogen) atoms. The van der Waals surface area contributed by atoms with E-state index in [2.05, 4.69) is 15.0 Å². The summed E-state index contributed by atoms with van der Waals surface area (Å²) in [6.45, 7) is 1.75. The third-order valence-electron chi connectivity index (χ3n) is 3.38.